The molecule has 2 fully saturated rings. The van der Waals surface area contributed by atoms with Crippen LogP contribution >= 0.6 is 0 Å². The van der Waals surface area contributed by atoms with Crippen LogP contribution in [-0.2, 0) is 20.9 Å². The van der Waals surface area contributed by atoms with Crippen molar-refractivity contribution in [3.63, 3.8) is 0 Å². The van der Waals surface area contributed by atoms with Gasteiger partial charge in [-0.2, -0.15) is 0 Å². The SMILES string of the molecule is CCC1([C@@H]2C(=O)O[C@]2(C)C(=O)NCc2cc(OC)cc(OC)c2)CC1. The molecule has 0 bridgehead atoms. The second kappa shape index (κ2) is 6.24. The summed E-state index contributed by atoms with van der Waals surface area (Å²) < 4.78 is 15.8. The molecule has 1 aromatic rings. The van der Waals surface area contributed by atoms with Crippen LogP contribution in [0.25, 0.3) is 0 Å². The zero-order valence-electron chi connectivity index (χ0n) is 15.2. The van der Waals surface area contributed by atoms with E-state index >= 15 is 0 Å². The van der Waals surface area contributed by atoms with Crippen molar-refractivity contribution in [2.24, 2.45) is 11.3 Å². The Morgan fingerprint density at radius 1 is 1.24 bits per heavy atom. The summed E-state index contributed by atoms with van der Waals surface area (Å²) in [6.07, 6.45) is 2.86. The molecule has 1 aliphatic carbocycles. The monoisotopic (exact) mass is 347 g/mol. The molecule has 0 spiro atoms. The van der Waals surface area contributed by atoms with Gasteiger partial charge in [0.15, 0.2) is 0 Å². The first kappa shape index (κ1) is 17.6. The van der Waals surface area contributed by atoms with E-state index in [2.05, 4.69) is 12.2 Å². The number of benzene rings is 1. The lowest BCUT2D eigenvalue weighted by molar-refractivity contribution is -0.219. The Balaban J connectivity index is 1.69. The first-order valence-electron chi connectivity index (χ1n) is 8.61. The van der Waals surface area contributed by atoms with Gasteiger partial charge in [-0.3, -0.25) is 9.59 Å². The molecule has 136 valence electrons. The molecule has 1 N–H and O–H groups in total. The lowest BCUT2D eigenvalue weighted by Crippen LogP contribution is -2.66. The smallest absolute Gasteiger partial charge is 0.315 e. The predicted octanol–water partition coefficient (Wildman–Crippen LogP) is 2.44. The zero-order valence-corrected chi connectivity index (χ0v) is 15.2. The van der Waals surface area contributed by atoms with Gasteiger partial charge in [0, 0.05) is 12.6 Å². The predicted molar refractivity (Wildman–Crippen MR) is 91.3 cm³/mol. The fourth-order valence-electron chi connectivity index (χ4n) is 3.84. The molecule has 0 radical (unpaired) electrons. The first-order valence-corrected chi connectivity index (χ1v) is 8.61. The van der Waals surface area contributed by atoms with Gasteiger partial charge in [-0.15, -0.1) is 0 Å². The number of rotatable bonds is 7. The van der Waals surface area contributed by atoms with Gasteiger partial charge < -0.3 is 19.5 Å². The fraction of sp³-hybridized carbons (Fsp3) is 0.579. The summed E-state index contributed by atoms with van der Waals surface area (Å²) in [5, 5.41) is 2.89. The van der Waals surface area contributed by atoms with Gasteiger partial charge in [0.25, 0.3) is 5.91 Å². The molecular weight excluding hydrogens is 322 g/mol. The molecule has 1 saturated heterocycles. The highest BCUT2D eigenvalue weighted by Crippen LogP contribution is 2.62. The highest BCUT2D eigenvalue weighted by atomic mass is 16.6. The average molecular weight is 347 g/mol. The van der Waals surface area contributed by atoms with E-state index in [4.69, 9.17) is 14.2 Å². The summed E-state index contributed by atoms with van der Waals surface area (Å²) in [5.41, 5.74) is -0.278. The average Bonchev–Trinajstić information content (AvgIpc) is 3.38. The third-order valence-electron chi connectivity index (χ3n) is 5.62. The Labute approximate surface area is 147 Å². The van der Waals surface area contributed by atoms with Crippen LogP contribution in [-0.4, -0.2) is 31.7 Å². The largest absolute Gasteiger partial charge is 0.497 e. The van der Waals surface area contributed by atoms with Crippen LogP contribution in [0.1, 0.15) is 38.7 Å². The standard InChI is InChI=1S/C19H25NO5/c1-5-19(6-7-19)15-16(21)25-18(15,2)17(22)20-11-12-8-13(23-3)10-14(9-12)24-4/h8-10,15H,5-7,11H2,1-4H3,(H,20,22)/t15-,18+/m1/s1. The number of carbonyl (C=O) groups is 2. The maximum atomic E-state index is 12.7. The van der Waals surface area contributed by atoms with Gasteiger partial charge in [0.2, 0.25) is 5.60 Å². The molecule has 0 aromatic heterocycles. The van der Waals surface area contributed by atoms with E-state index in [9.17, 15) is 9.59 Å². The maximum absolute atomic E-state index is 12.7. The minimum atomic E-state index is -1.08. The van der Waals surface area contributed by atoms with E-state index in [-0.39, 0.29) is 23.2 Å². The first-order chi connectivity index (χ1) is 11.9. The number of carbonyl (C=O) groups excluding carboxylic acids is 2. The van der Waals surface area contributed by atoms with Gasteiger partial charge in [-0.25, -0.2) is 0 Å². The number of esters is 1. The van der Waals surface area contributed by atoms with Gasteiger partial charge in [0.05, 0.1) is 14.2 Å². The number of hydrogen-bond acceptors (Lipinski definition) is 5. The third-order valence-corrected chi connectivity index (χ3v) is 5.62. The van der Waals surface area contributed by atoms with Crippen LogP contribution < -0.4 is 14.8 Å². The van der Waals surface area contributed by atoms with Gasteiger partial charge >= 0.3 is 5.97 Å². The van der Waals surface area contributed by atoms with Gasteiger partial charge in [-0.1, -0.05) is 6.92 Å². The summed E-state index contributed by atoms with van der Waals surface area (Å²) in [5.74, 6) is 0.472. The molecule has 1 amide bonds. The zero-order chi connectivity index (χ0) is 18.2. The van der Waals surface area contributed by atoms with Crippen molar-refractivity contribution in [2.75, 3.05) is 14.2 Å². The van der Waals surface area contributed by atoms with Crippen LogP contribution in [0.2, 0.25) is 0 Å². The van der Waals surface area contributed by atoms with Crippen LogP contribution in [0, 0.1) is 11.3 Å². The summed E-state index contributed by atoms with van der Waals surface area (Å²) >= 11 is 0. The molecular formula is C19H25NO5. The van der Waals surface area contributed by atoms with E-state index in [1.165, 1.54) is 0 Å². The number of hydrogen-bond donors (Lipinski definition) is 1. The molecule has 6 nitrogen and oxygen atoms in total. The highest BCUT2D eigenvalue weighted by molar-refractivity contribution is 5.98. The molecule has 6 heteroatoms. The van der Waals surface area contributed by atoms with Gasteiger partial charge in [0.1, 0.15) is 17.4 Å². The highest BCUT2D eigenvalue weighted by Gasteiger charge is 2.69. The van der Waals surface area contributed by atoms with E-state index in [1.807, 2.05) is 12.1 Å². The fourth-order valence-corrected chi connectivity index (χ4v) is 3.84. The second-order valence-electron chi connectivity index (χ2n) is 7.08. The minimum absolute atomic E-state index is 0.0549. The van der Waals surface area contributed by atoms with Crippen molar-refractivity contribution in [1.82, 2.24) is 5.32 Å². The molecule has 0 unspecified atom stereocenters. The van der Waals surface area contributed by atoms with E-state index in [1.54, 1.807) is 27.2 Å². The molecule has 1 aromatic carbocycles. The topological polar surface area (TPSA) is 73.9 Å². The molecule has 1 saturated carbocycles. The number of amides is 1. The van der Waals surface area contributed by atoms with Crippen molar-refractivity contribution in [3.8, 4) is 11.5 Å². The van der Waals surface area contributed by atoms with Crippen LogP contribution in [0.4, 0.5) is 0 Å². The lowest BCUT2D eigenvalue weighted by Gasteiger charge is -2.47. The quantitative estimate of drug-likeness (QED) is 0.767. The lowest BCUT2D eigenvalue weighted by atomic mass is 9.70. The summed E-state index contributed by atoms with van der Waals surface area (Å²) in [7, 11) is 3.16. The van der Waals surface area contributed by atoms with Crippen molar-refractivity contribution < 1.29 is 23.8 Å². The second-order valence-corrected chi connectivity index (χ2v) is 7.08. The minimum Gasteiger partial charge on any atom is -0.497 e. The number of nitrogens with one attached hydrogen (secondary N) is 1. The Morgan fingerprint density at radius 3 is 2.28 bits per heavy atom. The summed E-state index contributed by atoms with van der Waals surface area (Å²) in [6.45, 7) is 4.10. The van der Waals surface area contributed by atoms with E-state index in [0.717, 1.165) is 24.8 Å². The number of cyclic esters (lactones) is 1. The maximum Gasteiger partial charge on any atom is 0.315 e. The van der Waals surface area contributed by atoms with Crippen molar-refractivity contribution in [2.45, 2.75) is 45.3 Å². The Kier molecular flexibility index (Phi) is 4.39. The molecule has 3 rings (SSSR count). The molecule has 2 atom stereocenters. The van der Waals surface area contributed by atoms with Crippen molar-refractivity contribution >= 4 is 11.9 Å². The van der Waals surface area contributed by atoms with Gasteiger partial charge in [-0.05, 0) is 49.3 Å². The molecule has 1 heterocycles. The normalized spacial score (nSPS) is 26.2. The van der Waals surface area contributed by atoms with Crippen molar-refractivity contribution in [3.05, 3.63) is 23.8 Å². The number of ether oxygens (including phenoxy) is 3. The summed E-state index contributed by atoms with van der Waals surface area (Å²) in [4.78, 5) is 24.7. The third kappa shape index (κ3) is 2.94. The van der Waals surface area contributed by atoms with Crippen LogP contribution in [0.15, 0.2) is 18.2 Å². The Morgan fingerprint density at radius 2 is 1.84 bits per heavy atom. The van der Waals surface area contributed by atoms with Crippen molar-refractivity contribution in [1.29, 1.82) is 0 Å². The molecule has 1 aliphatic heterocycles. The summed E-state index contributed by atoms with van der Waals surface area (Å²) in [6, 6.07) is 5.45. The van der Waals surface area contributed by atoms with E-state index < -0.39 is 5.60 Å². The number of methoxy groups -OCH3 is 2. The van der Waals surface area contributed by atoms with E-state index in [0.29, 0.717) is 18.0 Å². The molecule has 2 aliphatic rings. The van der Waals surface area contributed by atoms with Crippen LogP contribution in [0.3, 0.4) is 0 Å². The Hall–Kier alpha value is -2.24. The van der Waals surface area contributed by atoms with Crippen LogP contribution in [0.5, 0.6) is 11.5 Å². The molecule has 25 heavy (non-hydrogen) atoms. The Bertz CT molecular complexity index is 675.